The molecular formula is C88H58BBrO2. The summed E-state index contributed by atoms with van der Waals surface area (Å²) in [6, 6.07) is 121. The Morgan fingerprint density at radius 3 is 0.880 bits per heavy atom. The molecule has 18 aromatic rings. The number of hydrogen-bond donors (Lipinski definition) is 2. The second-order valence-electron chi connectivity index (χ2n) is 23.7. The summed E-state index contributed by atoms with van der Waals surface area (Å²) in [6.07, 6.45) is 0. The summed E-state index contributed by atoms with van der Waals surface area (Å²) in [5, 5.41) is 44.6. The van der Waals surface area contributed by atoms with Crippen LogP contribution in [0.4, 0.5) is 0 Å². The molecule has 0 bridgehead atoms. The van der Waals surface area contributed by atoms with E-state index in [-0.39, 0.29) is 0 Å². The molecule has 432 valence electrons. The maximum absolute atomic E-state index is 10.2. The molecule has 0 radical (unpaired) electrons. The minimum atomic E-state index is -1.55. The summed E-state index contributed by atoms with van der Waals surface area (Å²) in [6.45, 7) is 0. The molecule has 0 heterocycles. The molecule has 92 heavy (non-hydrogen) atoms. The standard InChI is InChI=1S/C44H28.C30H21BO2.C14H9Br/c1-3-16-35-29(11-1)13-10-22-37(35)32-14-9-15-33(27-32)43-38-18-5-7-20-40(38)44(41-21-8-6-19-39(41)43)34-26-25-31-24-23-30-12-2-4-17-36(30)42(31)28-34;32-31(33)30-27-16-5-3-14-25(27)29(26-15-4-6-17-28(26)30)22-12-7-11-21(19-22)24-18-8-10-20-9-1-2-13-23(20)24;15-12-8-7-11-6-5-10-3-1-2-4-13(10)14(11)9-12/h1-28H;1-19,32-33H;1-9H. The van der Waals surface area contributed by atoms with Gasteiger partial charge in [-0.25, -0.2) is 0 Å². The first-order valence-corrected chi connectivity index (χ1v) is 32.1. The van der Waals surface area contributed by atoms with E-state index in [0.29, 0.717) is 5.46 Å². The molecule has 0 saturated carbocycles. The van der Waals surface area contributed by atoms with Crippen LogP contribution in [0, 0.1) is 0 Å². The van der Waals surface area contributed by atoms with Gasteiger partial charge in [-0.3, -0.25) is 0 Å². The minimum absolute atomic E-state index is 0.551. The second-order valence-corrected chi connectivity index (χ2v) is 24.6. The fraction of sp³-hybridized carbons (Fsp3) is 0. The highest BCUT2D eigenvalue weighted by atomic mass is 79.9. The van der Waals surface area contributed by atoms with Crippen molar-refractivity contribution >= 4 is 136 Å². The average Bonchev–Trinajstić information content (AvgIpc) is 0.755. The summed E-state index contributed by atoms with van der Waals surface area (Å²) >= 11 is 3.52. The molecule has 0 aromatic heterocycles. The maximum Gasteiger partial charge on any atom is 0.489 e. The molecule has 0 saturated heterocycles. The Balaban J connectivity index is 0.000000123. The van der Waals surface area contributed by atoms with E-state index >= 15 is 0 Å². The van der Waals surface area contributed by atoms with Crippen molar-refractivity contribution in [1.82, 2.24) is 0 Å². The van der Waals surface area contributed by atoms with Gasteiger partial charge in [0.15, 0.2) is 0 Å². The van der Waals surface area contributed by atoms with Crippen LogP contribution < -0.4 is 5.46 Å². The van der Waals surface area contributed by atoms with Gasteiger partial charge >= 0.3 is 7.12 Å². The van der Waals surface area contributed by atoms with Crippen LogP contribution in [-0.4, -0.2) is 17.2 Å². The smallest absolute Gasteiger partial charge is 0.423 e. The average molecular weight is 1240 g/mol. The Bertz CT molecular complexity index is 5790. The highest BCUT2D eigenvalue weighted by molar-refractivity contribution is 9.10. The molecule has 0 atom stereocenters. The predicted octanol–water partition coefficient (Wildman–Crippen LogP) is 23.4. The first-order chi connectivity index (χ1) is 45.4. The van der Waals surface area contributed by atoms with Crippen molar-refractivity contribution in [3.8, 4) is 55.6 Å². The van der Waals surface area contributed by atoms with Crippen LogP contribution in [-0.2, 0) is 0 Å². The van der Waals surface area contributed by atoms with Crippen LogP contribution in [0.1, 0.15) is 0 Å². The lowest BCUT2D eigenvalue weighted by molar-refractivity contribution is 0.426. The Kier molecular flexibility index (Phi) is 14.7. The van der Waals surface area contributed by atoms with Crippen LogP contribution in [0.15, 0.2) is 344 Å². The van der Waals surface area contributed by atoms with E-state index in [1.165, 1.54) is 125 Å². The summed E-state index contributed by atoms with van der Waals surface area (Å²) in [5.41, 5.74) is 12.7. The molecule has 2 N–H and O–H groups in total. The van der Waals surface area contributed by atoms with Crippen molar-refractivity contribution in [3.63, 3.8) is 0 Å². The Morgan fingerprint density at radius 1 is 0.196 bits per heavy atom. The van der Waals surface area contributed by atoms with Crippen molar-refractivity contribution in [2.75, 3.05) is 0 Å². The van der Waals surface area contributed by atoms with E-state index in [2.05, 4.69) is 319 Å². The van der Waals surface area contributed by atoms with Crippen LogP contribution in [0.3, 0.4) is 0 Å². The van der Waals surface area contributed by atoms with E-state index in [1.54, 1.807) is 0 Å². The van der Waals surface area contributed by atoms with Gasteiger partial charge in [-0.2, -0.15) is 0 Å². The third-order valence-electron chi connectivity index (χ3n) is 18.4. The molecule has 0 aliphatic rings. The fourth-order valence-electron chi connectivity index (χ4n) is 14.3. The molecule has 0 aliphatic heterocycles. The van der Waals surface area contributed by atoms with Crippen LogP contribution in [0.25, 0.3) is 163 Å². The second kappa shape index (κ2) is 24.1. The summed E-state index contributed by atoms with van der Waals surface area (Å²) < 4.78 is 1.13. The highest BCUT2D eigenvalue weighted by Crippen LogP contribution is 2.46. The number of hydrogen-bond acceptors (Lipinski definition) is 2. The fourth-order valence-corrected chi connectivity index (χ4v) is 14.6. The van der Waals surface area contributed by atoms with Crippen molar-refractivity contribution in [2.45, 2.75) is 0 Å². The van der Waals surface area contributed by atoms with E-state index in [1.807, 2.05) is 36.4 Å². The SMILES string of the molecule is Brc1ccc2ccc3ccccc3c2c1.OB(O)c1c2ccccc2c(-c2cccc(-c3cccc4ccccc34)c2)c2ccccc12.c1cc(-c2cccc3ccccc23)cc(-c2c3ccccc3c(-c3ccc4ccc5ccccc5c4c3)c3ccccc23)c1. The van der Waals surface area contributed by atoms with Gasteiger partial charge in [-0.15, -0.1) is 0 Å². The number of fused-ring (bicyclic) bond motifs is 12. The summed E-state index contributed by atoms with van der Waals surface area (Å²) in [5.74, 6) is 0. The van der Waals surface area contributed by atoms with Crippen LogP contribution in [0.5, 0.6) is 0 Å². The molecule has 0 aliphatic carbocycles. The third-order valence-corrected chi connectivity index (χ3v) is 18.9. The van der Waals surface area contributed by atoms with Gasteiger partial charge < -0.3 is 10.0 Å². The molecule has 0 spiro atoms. The predicted molar refractivity (Wildman–Crippen MR) is 399 cm³/mol. The molecule has 4 heteroatoms. The quantitative estimate of drug-likeness (QED) is 0.0990. The zero-order chi connectivity index (χ0) is 61.7. The number of rotatable bonds is 6. The Labute approximate surface area is 542 Å². The first-order valence-electron chi connectivity index (χ1n) is 31.3. The lowest BCUT2D eigenvalue weighted by atomic mass is 9.72. The molecule has 0 amide bonds. The lowest BCUT2D eigenvalue weighted by Gasteiger charge is -2.19. The first kappa shape index (κ1) is 56.3. The molecule has 0 fully saturated rings. The molecule has 2 nitrogen and oxygen atoms in total. The molecule has 0 unspecified atom stereocenters. The third kappa shape index (κ3) is 10.2. The topological polar surface area (TPSA) is 40.5 Å². The minimum Gasteiger partial charge on any atom is -0.423 e. The normalized spacial score (nSPS) is 11.4. The van der Waals surface area contributed by atoms with E-state index in [0.717, 1.165) is 42.7 Å². The van der Waals surface area contributed by atoms with Crippen molar-refractivity contribution < 1.29 is 10.0 Å². The van der Waals surface area contributed by atoms with Gasteiger partial charge in [-0.1, -0.05) is 325 Å². The zero-order valence-electron chi connectivity index (χ0n) is 50.2. The van der Waals surface area contributed by atoms with Gasteiger partial charge in [0.1, 0.15) is 0 Å². The molecule has 18 rings (SSSR count). The van der Waals surface area contributed by atoms with E-state index < -0.39 is 7.12 Å². The lowest BCUT2D eigenvalue weighted by Crippen LogP contribution is -2.31. The molecule has 18 aromatic carbocycles. The van der Waals surface area contributed by atoms with E-state index in [4.69, 9.17) is 0 Å². The van der Waals surface area contributed by atoms with Crippen LogP contribution >= 0.6 is 15.9 Å². The maximum atomic E-state index is 10.2. The Morgan fingerprint density at radius 2 is 0.467 bits per heavy atom. The zero-order valence-corrected chi connectivity index (χ0v) is 51.8. The van der Waals surface area contributed by atoms with Crippen molar-refractivity contribution in [3.05, 3.63) is 344 Å². The van der Waals surface area contributed by atoms with Gasteiger partial charge in [0.2, 0.25) is 0 Å². The van der Waals surface area contributed by atoms with E-state index in [9.17, 15) is 10.0 Å². The van der Waals surface area contributed by atoms with Gasteiger partial charge in [-0.05, 0) is 199 Å². The monoisotopic (exact) mass is 1240 g/mol. The molecular weight excluding hydrogens is 1180 g/mol. The van der Waals surface area contributed by atoms with Gasteiger partial charge in [0.05, 0.1) is 0 Å². The summed E-state index contributed by atoms with van der Waals surface area (Å²) in [7, 11) is -1.55. The van der Waals surface area contributed by atoms with Crippen molar-refractivity contribution in [1.29, 1.82) is 0 Å². The van der Waals surface area contributed by atoms with Crippen molar-refractivity contribution in [2.24, 2.45) is 0 Å². The van der Waals surface area contributed by atoms with Crippen LogP contribution in [0.2, 0.25) is 0 Å². The van der Waals surface area contributed by atoms with Gasteiger partial charge in [0, 0.05) is 4.47 Å². The van der Waals surface area contributed by atoms with Gasteiger partial charge in [0.25, 0.3) is 0 Å². The number of benzene rings is 18. The largest absolute Gasteiger partial charge is 0.489 e. The Hall–Kier alpha value is -11.0. The highest BCUT2D eigenvalue weighted by Gasteiger charge is 2.23. The summed E-state index contributed by atoms with van der Waals surface area (Å²) in [4.78, 5) is 0. The number of halogens is 1.